The molecule has 1 aromatic carbocycles. The van der Waals surface area contributed by atoms with E-state index in [4.69, 9.17) is 5.21 Å². The summed E-state index contributed by atoms with van der Waals surface area (Å²) in [6.07, 6.45) is 10.2. The number of pyridine rings is 1. The van der Waals surface area contributed by atoms with Gasteiger partial charge in [-0.15, -0.1) is 0 Å². The first kappa shape index (κ1) is 18.3. The molecule has 0 fully saturated rings. The van der Waals surface area contributed by atoms with Gasteiger partial charge in [-0.1, -0.05) is 12.1 Å². The Labute approximate surface area is 166 Å². The molecule has 144 valence electrons. The summed E-state index contributed by atoms with van der Waals surface area (Å²) >= 11 is 0. The minimum atomic E-state index is -0.559. The van der Waals surface area contributed by atoms with E-state index in [1.807, 2.05) is 35.4 Å². The Kier molecular flexibility index (Phi) is 5.21. The van der Waals surface area contributed by atoms with Crippen molar-refractivity contribution in [3.63, 3.8) is 0 Å². The maximum atomic E-state index is 11.5. The highest BCUT2D eigenvalue weighted by Crippen LogP contribution is 2.27. The summed E-state index contributed by atoms with van der Waals surface area (Å²) in [6.45, 7) is 0.460. The van der Waals surface area contributed by atoms with Crippen molar-refractivity contribution in [3.8, 4) is 11.1 Å². The van der Waals surface area contributed by atoms with Crippen LogP contribution < -0.4 is 10.4 Å². The van der Waals surface area contributed by atoms with Gasteiger partial charge in [-0.25, -0.2) is 15.4 Å². The number of nitrogens with zero attached hydrogens (tertiary/aromatic N) is 5. The molecule has 9 heteroatoms. The number of benzene rings is 1. The number of carbonyl (C=O) groups excluding carboxylic acids is 1. The molecule has 0 spiro atoms. The Hall–Kier alpha value is -4.11. The first-order valence-electron chi connectivity index (χ1n) is 8.77. The van der Waals surface area contributed by atoms with Crippen LogP contribution in [-0.2, 0) is 6.54 Å². The number of amides is 1. The zero-order valence-electron chi connectivity index (χ0n) is 15.2. The van der Waals surface area contributed by atoms with Crippen LogP contribution in [0, 0.1) is 0 Å². The largest absolute Gasteiger partial charge is 0.305 e. The lowest BCUT2D eigenvalue weighted by Crippen LogP contribution is -2.20. The predicted molar refractivity (Wildman–Crippen MR) is 105 cm³/mol. The summed E-state index contributed by atoms with van der Waals surface area (Å²) in [5, 5.41) is 15.6. The van der Waals surface area contributed by atoms with Gasteiger partial charge in [-0.3, -0.25) is 20.1 Å². The number of aromatic nitrogens is 5. The van der Waals surface area contributed by atoms with E-state index < -0.39 is 5.91 Å². The normalized spacial score (nSPS) is 10.5. The van der Waals surface area contributed by atoms with Crippen molar-refractivity contribution >= 4 is 17.5 Å². The van der Waals surface area contributed by atoms with Gasteiger partial charge < -0.3 is 4.90 Å². The molecule has 0 atom stereocenters. The molecule has 9 nitrogen and oxygen atoms in total. The Morgan fingerprint density at radius 1 is 1.00 bits per heavy atom. The van der Waals surface area contributed by atoms with Crippen LogP contribution in [0.5, 0.6) is 0 Å². The number of anilines is 2. The van der Waals surface area contributed by atoms with Crippen LogP contribution in [0.15, 0.2) is 73.6 Å². The van der Waals surface area contributed by atoms with Gasteiger partial charge in [-0.05, 0) is 35.4 Å². The third-order valence-corrected chi connectivity index (χ3v) is 4.34. The SMILES string of the molecule is O=C(NO)c1ccc(CN(c2cnccn2)c2cc(-c3cn[nH]c3)ccn2)cc1. The standard InChI is InChI=1S/C20H17N7O2/c28-20(26-29)15-3-1-14(2-4-15)13-27(19-12-21-7-8-23-19)18-9-16(5-6-22-18)17-10-24-25-11-17/h1-12,29H,13H2,(H,24,25)(H,26,28). The number of carbonyl (C=O) groups is 1. The molecule has 29 heavy (non-hydrogen) atoms. The highest BCUT2D eigenvalue weighted by atomic mass is 16.5. The molecule has 0 unspecified atom stereocenters. The second-order valence-corrected chi connectivity index (χ2v) is 6.18. The molecule has 1 amide bonds. The van der Waals surface area contributed by atoms with Crippen LogP contribution in [0.3, 0.4) is 0 Å². The van der Waals surface area contributed by atoms with Gasteiger partial charge >= 0.3 is 0 Å². The maximum Gasteiger partial charge on any atom is 0.274 e. The third-order valence-electron chi connectivity index (χ3n) is 4.34. The van der Waals surface area contributed by atoms with Crippen LogP contribution in [0.4, 0.5) is 11.6 Å². The van der Waals surface area contributed by atoms with Gasteiger partial charge in [0.05, 0.1) is 18.9 Å². The molecule has 3 aromatic heterocycles. The molecule has 0 aliphatic heterocycles. The van der Waals surface area contributed by atoms with Gasteiger partial charge in [0.25, 0.3) is 5.91 Å². The van der Waals surface area contributed by atoms with E-state index in [9.17, 15) is 4.79 Å². The smallest absolute Gasteiger partial charge is 0.274 e. The molecule has 0 bridgehead atoms. The van der Waals surface area contributed by atoms with Crippen molar-refractivity contribution in [2.24, 2.45) is 0 Å². The van der Waals surface area contributed by atoms with E-state index in [2.05, 4.69) is 25.1 Å². The van der Waals surface area contributed by atoms with Gasteiger partial charge in [0.15, 0.2) is 5.82 Å². The first-order chi connectivity index (χ1) is 14.2. The van der Waals surface area contributed by atoms with E-state index in [1.54, 1.807) is 48.6 Å². The Morgan fingerprint density at radius 3 is 2.52 bits per heavy atom. The molecule has 0 aliphatic rings. The monoisotopic (exact) mass is 387 g/mol. The van der Waals surface area contributed by atoms with Crippen LogP contribution in [0.25, 0.3) is 11.1 Å². The van der Waals surface area contributed by atoms with Gasteiger partial charge in [0.1, 0.15) is 5.82 Å². The topological polar surface area (TPSA) is 120 Å². The lowest BCUT2D eigenvalue weighted by molar-refractivity contribution is 0.0706. The number of hydroxylamine groups is 1. The zero-order chi connectivity index (χ0) is 20.1. The van der Waals surface area contributed by atoms with Gasteiger partial charge in [-0.2, -0.15) is 5.10 Å². The fourth-order valence-electron chi connectivity index (χ4n) is 2.87. The van der Waals surface area contributed by atoms with Crippen LogP contribution >= 0.6 is 0 Å². The van der Waals surface area contributed by atoms with E-state index in [0.717, 1.165) is 16.7 Å². The highest BCUT2D eigenvalue weighted by Gasteiger charge is 2.15. The minimum Gasteiger partial charge on any atom is -0.305 e. The fourth-order valence-corrected chi connectivity index (χ4v) is 2.87. The van der Waals surface area contributed by atoms with E-state index in [0.29, 0.717) is 23.7 Å². The van der Waals surface area contributed by atoms with E-state index >= 15 is 0 Å². The zero-order valence-corrected chi connectivity index (χ0v) is 15.2. The van der Waals surface area contributed by atoms with Crippen LogP contribution in [-0.4, -0.2) is 36.3 Å². The summed E-state index contributed by atoms with van der Waals surface area (Å²) in [5.41, 5.74) is 4.84. The minimum absolute atomic E-state index is 0.363. The van der Waals surface area contributed by atoms with Crippen LogP contribution in [0.1, 0.15) is 15.9 Å². The number of hydrogen-bond donors (Lipinski definition) is 3. The molecule has 4 rings (SSSR count). The van der Waals surface area contributed by atoms with Crippen molar-refractivity contribution in [2.45, 2.75) is 6.54 Å². The van der Waals surface area contributed by atoms with E-state index in [-0.39, 0.29) is 0 Å². The Morgan fingerprint density at radius 2 is 1.83 bits per heavy atom. The molecule has 0 radical (unpaired) electrons. The highest BCUT2D eigenvalue weighted by molar-refractivity contribution is 5.93. The van der Waals surface area contributed by atoms with Crippen molar-refractivity contribution < 1.29 is 10.0 Å². The summed E-state index contributed by atoms with van der Waals surface area (Å²) in [7, 11) is 0. The number of rotatable bonds is 6. The summed E-state index contributed by atoms with van der Waals surface area (Å²) < 4.78 is 0. The number of aromatic amines is 1. The van der Waals surface area contributed by atoms with Crippen LogP contribution in [0.2, 0.25) is 0 Å². The molecular formula is C20H17N7O2. The Bertz CT molecular complexity index is 1080. The van der Waals surface area contributed by atoms with E-state index in [1.165, 1.54) is 0 Å². The molecule has 0 aliphatic carbocycles. The lowest BCUT2D eigenvalue weighted by atomic mass is 10.1. The molecule has 0 saturated carbocycles. The van der Waals surface area contributed by atoms with Crippen molar-refractivity contribution in [1.29, 1.82) is 0 Å². The first-order valence-corrected chi connectivity index (χ1v) is 8.77. The number of hydrogen-bond acceptors (Lipinski definition) is 7. The molecule has 3 heterocycles. The molecule has 3 N–H and O–H groups in total. The summed E-state index contributed by atoms with van der Waals surface area (Å²) in [4.78, 5) is 26.5. The quantitative estimate of drug-likeness (QED) is 0.344. The second-order valence-electron chi connectivity index (χ2n) is 6.18. The van der Waals surface area contributed by atoms with Crippen molar-refractivity contribution in [3.05, 3.63) is 84.7 Å². The molecule has 4 aromatic rings. The van der Waals surface area contributed by atoms with Gasteiger partial charge in [0.2, 0.25) is 0 Å². The fraction of sp³-hybridized carbons (Fsp3) is 0.0500. The third kappa shape index (κ3) is 4.09. The molecular weight excluding hydrogens is 370 g/mol. The van der Waals surface area contributed by atoms with Crippen molar-refractivity contribution in [2.75, 3.05) is 4.90 Å². The Balaban J connectivity index is 1.68. The summed E-state index contributed by atoms with van der Waals surface area (Å²) in [6, 6.07) is 10.8. The molecule has 0 saturated heterocycles. The maximum absolute atomic E-state index is 11.5. The average molecular weight is 387 g/mol. The lowest BCUT2D eigenvalue weighted by Gasteiger charge is -2.23. The van der Waals surface area contributed by atoms with Gasteiger partial charge in [0, 0.05) is 35.9 Å². The number of nitrogens with one attached hydrogen (secondary N) is 2. The van der Waals surface area contributed by atoms with Crippen molar-refractivity contribution in [1.82, 2.24) is 30.6 Å². The summed E-state index contributed by atoms with van der Waals surface area (Å²) in [5.74, 6) is 0.778. The predicted octanol–water partition coefficient (Wildman–Crippen LogP) is 2.72. The second kappa shape index (κ2) is 8.28. The number of H-pyrrole nitrogens is 1. The average Bonchev–Trinajstić information content (AvgIpc) is 3.33.